The summed E-state index contributed by atoms with van der Waals surface area (Å²) in [6, 6.07) is 13.5. The molecule has 0 unspecified atom stereocenters. The second kappa shape index (κ2) is 12.1. The number of halogens is 3. The second-order valence-corrected chi connectivity index (χ2v) is 11.0. The third kappa shape index (κ3) is 6.55. The Morgan fingerprint density at radius 1 is 1.10 bits per heavy atom. The first-order valence-electron chi connectivity index (χ1n) is 13.8. The van der Waals surface area contributed by atoms with Gasteiger partial charge in [0.05, 0.1) is 23.6 Å². The number of benzene rings is 2. The van der Waals surface area contributed by atoms with E-state index in [9.17, 15) is 23.1 Å². The van der Waals surface area contributed by atoms with Crippen LogP contribution in [0.4, 0.5) is 13.2 Å². The van der Waals surface area contributed by atoms with Crippen LogP contribution in [-0.4, -0.2) is 60.6 Å². The van der Waals surface area contributed by atoms with E-state index in [0.717, 1.165) is 35.8 Å². The van der Waals surface area contributed by atoms with Crippen molar-refractivity contribution >= 4 is 5.97 Å². The normalized spacial score (nSPS) is 17.1. The van der Waals surface area contributed by atoms with Crippen LogP contribution in [0.2, 0.25) is 0 Å². The number of β-amino-alcohol motifs (C(OH)–C–C–N with tert-alkyl or cyclic N) is 1. The van der Waals surface area contributed by atoms with Crippen molar-refractivity contribution in [3.8, 4) is 28.5 Å². The number of rotatable bonds is 9. The maximum absolute atomic E-state index is 14.2. The molecule has 1 fully saturated rings. The predicted molar refractivity (Wildman–Crippen MR) is 148 cm³/mol. The lowest BCUT2D eigenvalue weighted by Gasteiger charge is -2.33. The van der Waals surface area contributed by atoms with Crippen LogP contribution in [0.3, 0.4) is 0 Å². The molecule has 2 aromatic heterocycles. The Balaban J connectivity index is 1.32. The van der Waals surface area contributed by atoms with E-state index in [1.165, 1.54) is 0 Å². The molecule has 0 aliphatic carbocycles. The number of aromatic nitrogens is 4. The molecule has 2 aromatic carbocycles. The molecule has 0 saturated carbocycles. The molecule has 0 bridgehead atoms. The van der Waals surface area contributed by atoms with Gasteiger partial charge < -0.3 is 19.6 Å². The topological polar surface area (TPSA) is 118 Å². The highest BCUT2D eigenvalue weighted by atomic mass is 19.4. The zero-order valence-corrected chi connectivity index (χ0v) is 23.3. The summed E-state index contributed by atoms with van der Waals surface area (Å²) in [5, 5.41) is 27.7. The molecule has 4 aromatic rings. The lowest BCUT2D eigenvalue weighted by molar-refractivity contribution is -0.142. The molecule has 12 heteroatoms. The SMILES string of the molecule is CC(C)c1ccc(-n2ncc(-c3nc(-c4ccc([C@@H](O)CN5CCC[C@H](CC(=O)O)C5)cc4)no3)c2C(F)(F)F)cc1. The van der Waals surface area contributed by atoms with Crippen LogP contribution >= 0.6 is 0 Å². The molecule has 222 valence electrons. The number of carboxylic acid groups (broad SMARTS) is 1. The average Bonchev–Trinajstić information content (AvgIpc) is 3.61. The Kier molecular flexibility index (Phi) is 8.46. The molecule has 1 aliphatic rings. The van der Waals surface area contributed by atoms with Gasteiger partial charge in [0.15, 0.2) is 5.69 Å². The molecule has 5 rings (SSSR count). The molecule has 1 aliphatic heterocycles. The molecular weight excluding hydrogens is 551 g/mol. The fourth-order valence-electron chi connectivity index (χ4n) is 5.36. The number of hydrogen-bond donors (Lipinski definition) is 2. The summed E-state index contributed by atoms with van der Waals surface area (Å²) in [5.74, 6) is -0.735. The average molecular weight is 584 g/mol. The summed E-state index contributed by atoms with van der Waals surface area (Å²) < 4.78 is 48.7. The summed E-state index contributed by atoms with van der Waals surface area (Å²) >= 11 is 0. The maximum Gasteiger partial charge on any atom is 0.434 e. The summed E-state index contributed by atoms with van der Waals surface area (Å²) in [5.41, 5.74) is 1.06. The first kappa shape index (κ1) is 29.5. The highest BCUT2D eigenvalue weighted by Gasteiger charge is 2.40. The Morgan fingerprint density at radius 2 is 1.79 bits per heavy atom. The summed E-state index contributed by atoms with van der Waals surface area (Å²) in [6.07, 6.45) is -2.61. The van der Waals surface area contributed by atoms with Gasteiger partial charge in [0.1, 0.15) is 0 Å². The van der Waals surface area contributed by atoms with E-state index in [-0.39, 0.29) is 41.2 Å². The van der Waals surface area contributed by atoms with Crippen LogP contribution in [0.1, 0.15) is 62.0 Å². The molecule has 42 heavy (non-hydrogen) atoms. The number of nitrogens with zero attached hydrogens (tertiary/aromatic N) is 5. The van der Waals surface area contributed by atoms with E-state index in [1.54, 1.807) is 48.5 Å². The Hall–Kier alpha value is -4.03. The fraction of sp³-hybridized carbons (Fsp3) is 0.400. The van der Waals surface area contributed by atoms with Gasteiger partial charge in [-0.15, -0.1) is 0 Å². The van der Waals surface area contributed by atoms with E-state index in [0.29, 0.717) is 24.2 Å². The minimum absolute atomic E-state index is 0.0636. The largest absolute Gasteiger partial charge is 0.481 e. The van der Waals surface area contributed by atoms with Gasteiger partial charge in [-0.05, 0) is 54.5 Å². The van der Waals surface area contributed by atoms with Crippen molar-refractivity contribution in [2.45, 2.75) is 51.3 Å². The van der Waals surface area contributed by atoms with Gasteiger partial charge in [-0.25, -0.2) is 4.68 Å². The van der Waals surface area contributed by atoms with E-state index in [4.69, 9.17) is 9.63 Å². The fourth-order valence-corrected chi connectivity index (χ4v) is 5.36. The van der Waals surface area contributed by atoms with E-state index in [1.807, 2.05) is 13.8 Å². The minimum atomic E-state index is -4.74. The number of carboxylic acids is 1. The molecule has 2 N–H and O–H groups in total. The van der Waals surface area contributed by atoms with Crippen molar-refractivity contribution < 1.29 is 32.7 Å². The molecule has 3 heterocycles. The zero-order chi connectivity index (χ0) is 30.0. The summed E-state index contributed by atoms with van der Waals surface area (Å²) in [4.78, 5) is 17.3. The molecule has 9 nitrogen and oxygen atoms in total. The number of hydrogen-bond acceptors (Lipinski definition) is 7. The number of carbonyl (C=O) groups is 1. The zero-order valence-electron chi connectivity index (χ0n) is 23.3. The van der Waals surface area contributed by atoms with Gasteiger partial charge in [-0.3, -0.25) is 4.79 Å². The number of aliphatic hydroxyl groups is 1. The van der Waals surface area contributed by atoms with Gasteiger partial charge in [0.25, 0.3) is 5.89 Å². The van der Waals surface area contributed by atoms with Crippen LogP contribution in [0.5, 0.6) is 0 Å². The van der Waals surface area contributed by atoms with Crippen molar-refractivity contribution in [2.24, 2.45) is 5.92 Å². The van der Waals surface area contributed by atoms with Gasteiger partial charge >= 0.3 is 12.1 Å². The van der Waals surface area contributed by atoms with Crippen LogP contribution in [-0.2, 0) is 11.0 Å². The predicted octanol–water partition coefficient (Wildman–Crippen LogP) is 5.95. The molecule has 1 saturated heterocycles. The first-order chi connectivity index (χ1) is 20.0. The number of alkyl halides is 3. The van der Waals surface area contributed by atoms with E-state index in [2.05, 4.69) is 20.1 Å². The Labute approximate surface area is 240 Å². The summed E-state index contributed by atoms with van der Waals surface area (Å²) in [6.45, 7) is 5.78. The molecule has 0 amide bonds. The second-order valence-electron chi connectivity index (χ2n) is 11.0. The van der Waals surface area contributed by atoms with Crippen LogP contribution in [0.25, 0.3) is 28.5 Å². The van der Waals surface area contributed by atoms with Crippen molar-refractivity contribution in [3.63, 3.8) is 0 Å². The Morgan fingerprint density at radius 3 is 2.43 bits per heavy atom. The molecule has 0 radical (unpaired) electrons. The van der Waals surface area contributed by atoms with E-state index >= 15 is 0 Å². The number of aliphatic hydroxyl groups excluding tert-OH is 1. The van der Waals surface area contributed by atoms with E-state index < -0.39 is 23.9 Å². The van der Waals surface area contributed by atoms with Crippen LogP contribution in [0.15, 0.2) is 59.3 Å². The van der Waals surface area contributed by atoms with Crippen molar-refractivity contribution in [1.82, 2.24) is 24.8 Å². The quantitative estimate of drug-likeness (QED) is 0.248. The first-order valence-corrected chi connectivity index (χ1v) is 13.8. The minimum Gasteiger partial charge on any atom is -0.481 e. The van der Waals surface area contributed by atoms with Crippen molar-refractivity contribution in [2.75, 3.05) is 19.6 Å². The van der Waals surface area contributed by atoms with Crippen LogP contribution < -0.4 is 0 Å². The highest BCUT2D eigenvalue weighted by molar-refractivity contribution is 5.67. The molecular formula is C30H32F3N5O4. The third-order valence-electron chi connectivity index (χ3n) is 7.55. The van der Waals surface area contributed by atoms with Crippen LogP contribution in [0, 0.1) is 5.92 Å². The maximum atomic E-state index is 14.2. The monoisotopic (exact) mass is 583 g/mol. The number of aliphatic carboxylic acids is 1. The van der Waals surface area contributed by atoms with Crippen molar-refractivity contribution in [3.05, 3.63) is 71.5 Å². The van der Waals surface area contributed by atoms with Gasteiger partial charge in [0.2, 0.25) is 5.82 Å². The highest BCUT2D eigenvalue weighted by Crippen LogP contribution is 2.38. The van der Waals surface area contributed by atoms with Crippen molar-refractivity contribution in [1.29, 1.82) is 0 Å². The Bertz CT molecular complexity index is 1510. The number of likely N-dealkylation sites (tertiary alicyclic amines) is 1. The summed E-state index contributed by atoms with van der Waals surface area (Å²) in [7, 11) is 0. The molecule has 2 atom stereocenters. The molecule has 0 spiro atoms. The lowest BCUT2D eigenvalue weighted by atomic mass is 9.94. The van der Waals surface area contributed by atoms with Gasteiger partial charge in [-0.2, -0.15) is 23.3 Å². The smallest absolute Gasteiger partial charge is 0.434 e. The standard InChI is InChI=1S/C30H32F3N5O4/c1-18(2)20-9-11-23(12-10-20)38-27(30(31,32)33)24(15-34-38)29-35-28(36-42-29)22-7-5-21(6-8-22)25(39)17-37-13-3-4-19(16-37)14-26(40)41/h5-12,15,18-19,25,39H,3-4,13-14,16-17H2,1-2H3,(H,40,41)/t19-,25+/m1/s1. The lowest BCUT2D eigenvalue weighted by Crippen LogP contribution is -2.38. The third-order valence-corrected chi connectivity index (χ3v) is 7.55. The number of piperidine rings is 1. The van der Waals surface area contributed by atoms with Gasteiger partial charge in [0, 0.05) is 25.1 Å². The van der Waals surface area contributed by atoms with Gasteiger partial charge in [-0.1, -0.05) is 55.4 Å².